The van der Waals surface area contributed by atoms with Gasteiger partial charge in [0.2, 0.25) is 0 Å². The monoisotopic (exact) mass is 215 g/mol. The Morgan fingerprint density at radius 3 is 2.07 bits per heavy atom. The zero-order chi connectivity index (χ0) is 11.6. The first-order chi connectivity index (χ1) is 7.12. The number of rotatable bonds is 10. The molecule has 0 aromatic rings. The smallest absolute Gasteiger partial charge is 0.0743 e. The van der Waals surface area contributed by atoms with E-state index >= 15 is 0 Å². The Kier molecular flexibility index (Phi) is 9.12. The maximum atomic E-state index is 9.89. The molecule has 0 heterocycles. The number of unbranched alkanes of at least 4 members (excludes halogenated alkanes) is 6. The van der Waals surface area contributed by atoms with Crippen molar-refractivity contribution in [1.29, 1.82) is 0 Å². The molecule has 0 saturated carbocycles. The Morgan fingerprint density at radius 1 is 1.00 bits per heavy atom. The third kappa shape index (κ3) is 10.2. The molecule has 0 rings (SSSR count). The fourth-order valence-corrected chi connectivity index (χ4v) is 1.93. The molecule has 0 radical (unpaired) electrons. The van der Waals surface area contributed by atoms with Gasteiger partial charge < -0.3 is 10.4 Å². The van der Waals surface area contributed by atoms with Crippen molar-refractivity contribution in [2.24, 2.45) is 0 Å². The first-order valence-corrected chi connectivity index (χ1v) is 6.49. The Labute approximate surface area is 95.5 Å². The average molecular weight is 215 g/mol. The number of likely N-dealkylation sites (N-methyl/N-ethyl adjacent to an activating group) is 1. The topological polar surface area (TPSA) is 32.3 Å². The van der Waals surface area contributed by atoms with E-state index in [0.29, 0.717) is 6.54 Å². The predicted molar refractivity (Wildman–Crippen MR) is 67.2 cm³/mol. The van der Waals surface area contributed by atoms with Gasteiger partial charge in [0.05, 0.1) is 5.60 Å². The summed E-state index contributed by atoms with van der Waals surface area (Å²) < 4.78 is 0. The normalized spacial score (nSPS) is 15.2. The van der Waals surface area contributed by atoms with E-state index in [2.05, 4.69) is 12.2 Å². The largest absolute Gasteiger partial charge is 0.389 e. The SMILES string of the molecule is CCCCCCCCCC(C)(O)CNC. The summed E-state index contributed by atoms with van der Waals surface area (Å²) in [7, 11) is 1.89. The van der Waals surface area contributed by atoms with Crippen LogP contribution in [0.3, 0.4) is 0 Å². The maximum absolute atomic E-state index is 9.89. The predicted octanol–water partition coefficient (Wildman–Crippen LogP) is 3.10. The maximum Gasteiger partial charge on any atom is 0.0743 e. The van der Waals surface area contributed by atoms with E-state index in [9.17, 15) is 5.11 Å². The Morgan fingerprint density at radius 2 is 1.53 bits per heavy atom. The van der Waals surface area contributed by atoms with Gasteiger partial charge in [-0.3, -0.25) is 0 Å². The van der Waals surface area contributed by atoms with Gasteiger partial charge in [-0.15, -0.1) is 0 Å². The van der Waals surface area contributed by atoms with Crippen molar-refractivity contribution >= 4 is 0 Å². The standard InChI is InChI=1S/C13H29NO/c1-4-5-6-7-8-9-10-11-13(2,15)12-14-3/h14-15H,4-12H2,1-3H3. The van der Waals surface area contributed by atoms with Gasteiger partial charge in [-0.1, -0.05) is 51.9 Å². The van der Waals surface area contributed by atoms with Crippen LogP contribution in [0.15, 0.2) is 0 Å². The Hall–Kier alpha value is -0.0800. The van der Waals surface area contributed by atoms with Gasteiger partial charge in [0.15, 0.2) is 0 Å². The lowest BCUT2D eigenvalue weighted by atomic mass is 9.97. The first-order valence-electron chi connectivity index (χ1n) is 6.49. The molecule has 92 valence electrons. The quantitative estimate of drug-likeness (QED) is 0.549. The molecule has 0 aromatic heterocycles. The van der Waals surface area contributed by atoms with Gasteiger partial charge in [0.1, 0.15) is 0 Å². The van der Waals surface area contributed by atoms with E-state index in [1.807, 2.05) is 14.0 Å². The van der Waals surface area contributed by atoms with Crippen LogP contribution in [0.25, 0.3) is 0 Å². The molecular weight excluding hydrogens is 186 g/mol. The summed E-state index contributed by atoms with van der Waals surface area (Å²) in [5.74, 6) is 0. The third-order valence-corrected chi connectivity index (χ3v) is 2.88. The molecule has 2 heteroatoms. The van der Waals surface area contributed by atoms with Crippen LogP contribution in [0.2, 0.25) is 0 Å². The van der Waals surface area contributed by atoms with Gasteiger partial charge in [0.25, 0.3) is 0 Å². The number of nitrogens with one attached hydrogen (secondary N) is 1. The molecule has 0 aliphatic carbocycles. The van der Waals surface area contributed by atoms with Gasteiger partial charge in [-0.2, -0.15) is 0 Å². The fourth-order valence-electron chi connectivity index (χ4n) is 1.93. The molecular formula is C13H29NO. The van der Waals surface area contributed by atoms with E-state index in [-0.39, 0.29) is 0 Å². The summed E-state index contributed by atoms with van der Waals surface area (Å²) in [6, 6.07) is 0. The number of hydrogen-bond donors (Lipinski definition) is 2. The van der Waals surface area contributed by atoms with Gasteiger partial charge >= 0.3 is 0 Å². The molecule has 2 nitrogen and oxygen atoms in total. The molecule has 0 spiro atoms. The van der Waals surface area contributed by atoms with Gasteiger partial charge in [-0.05, 0) is 20.4 Å². The van der Waals surface area contributed by atoms with Gasteiger partial charge in [0, 0.05) is 6.54 Å². The molecule has 0 fully saturated rings. The van der Waals surface area contributed by atoms with Crippen LogP contribution in [-0.2, 0) is 0 Å². The van der Waals surface area contributed by atoms with E-state index in [1.165, 1.54) is 38.5 Å². The van der Waals surface area contributed by atoms with Crippen LogP contribution in [0.5, 0.6) is 0 Å². The summed E-state index contributed by atoms with van der Waals surface area (Å²) in [5.41, 5.74) is -0.516. The minimum absolute atomic E-state index is 0.516. The van der Waals surface area contributed by atoms with Crippen molar-refractivity contribution in [2.45, 2.75) is 70.8 Å². The third-order valence-electron chi connectivity index (χ3n) is 2.88. The van der Waals surface area contributed by atoms with E-state index in [4.69, 9.17) is 0 Å². The second-order valence-electron chi connectivity index (χ2n) is 4.90. The zero-order valence-corrected chi connectivity index (χ0v) is 10.8. The highest BCUT2D eigenvalue weighted by molar-refractivity contribution is 4.74. The van der Waals surface area contributed by atoms with Crippen molar-refractivity contribution in [3.63, 3.8) is 0 Å². The van der Waals surface area contributed by atoms with Crippen LogP contribution in [0, 0.1) is 0 Å². The molecule has 0 aromatic carbocycles. The molecule has 0 bridgehead atoms. The van der Waals surface area contributed by atoms with Crippen molar-refractivity contribution in [2.75, 3.05) is 13.6 Å². The Bertz CT molecular complexity index is 134. The molecule has 2 N–H and O–H groups in total. The van der Waals surface area contributed by atoms with Crippen molar-refractivity contribution < 1.29 is 5.11 Å². The average Bonchev–Trinajstić information content (AvgIpc) is 2.16. The minimum Gasteiger partial charge on any atom is -0.389 e. The second kappa shape index (κ2) is 9.17. The summed E-state index contributed by atoms with van der Waals surface area (Å²) in [6.07, 6.45) is 10.1. The van der Waals surface area contributed by atoms with Gasteiger partial charge in [-0.25, -0.2) is 0 Å². The van der Waals surface area contributed by atoms with E-state index in [0.717, 1.165) is 12.8 Å². The van der Waals surface area contributed by atoms with Crippen molar-refractivity contribution in [1.82, 2.24) is 5.32 Å². The molecule has 0 aliphatic heterocycles. The first kappa shape index (κ1) is 14.9. The number of aliphatic hydroxyl groups is 1. The lowest BCUT2D eigenvalue weighted by Crippen LogP contribution is -2.35. The highest BCUT2D eigenvalue weighted by atomic mass is 16.3. The summed E-state index contributed by atoms with van der Waals surface area (Å²) in [6.45, 7) is 4.86. The lowest BCUT2D eigenvalue weighted by molar-refractivity contribution is 0.0500. The molecule has 0 aliphatic rings. The summed E-state index contributed by atoms with van der Waals surface area (Å²) in [5, 5.41) is 12.9. The number of hydrogen-bond acceptors (Lipinski definition) is 2. The highest BCUT2D eigenvalue weighted by Gasteiger charge is 2.17. The van der Waals surface area contributed by atoms with Crippen LogP contribution < -0.4 is 5.32 Å². The van der Waals surface area contributed by atoms with Crippen molar-refractivity contribution in [3.8, 4) is 0 Å². The zero-order valence-electron chi connectivity index (χ0n) is 10.8. The molecule has 15 heavy (non-hydrogen) atoms. The fraction of sp³-hybridized carbons (Fsp3) is 1.00. The lowest BCUT2D eigenvalue weighted by Gasteiger charge is -2.22. The second-order valence-corrected chi connectivity index (χ2v) is 4.90. The summed E-state index contributed by atoms with van der Waals surface area (Å²) >= 11 is 0. The van der Waals surface area contributed by atoms with Crippen LogP contribution >= 0.6 is 0 Å². The van der Waals surface area contributed by atoms with Crippen LogP contribution in [-0.4, -0.2) is 24.3 Å². The molecule has 1 atom stereocenters. The van der Waals surface area contributed by atoms with Crippen LogP contribution in [0.4, 0.5) is 0 Å². The highest BCUT2D eigenvalue weighted by Crippen LogP contribution is 2.15. The minimum atomic E-state index is -0.516. The van der Waals surface area contributed by atoms with Crippen molar-refractivity contribution in [3.05, 3.63) is 0 Å². The molecule has 1 unspecified atom stereocenters. The van der Waals surface area contributed by atoms with Crippen LogP contribution in [0.1, 0.15) is 65.2 Å². The Balaban J connectivity index is 3.22. The van der Waals surface area contributed by atoms with E-state index < -0.39 is 5.60 Å². The molecule has 0 saturated heterocycles. The molecule has 0 amide bonds. The summed E-state index contributed by atoms with van der Waals surface area (Å²) in [4.78, 5) is 0. The van der Waals surface area contributed by atoms with E-state index in [1.54, 1.807) is 0 Å².